The van der Waals surface area contributed by atoms with Crippen molar-refractivity contribution in [3.8, 4) is 0 Å². The highest BCUT2D eigenvalue weighted by Crippen LogP contribution is 2.37. The Balaban J connectivity index is 2.42. The van der Waals surface area contributed by atoms with Crippen LogP contribution in [0.5, 0.6) is 0 Å². The van der Waals surface area contributed by atoms with E-state index < -0.39 is 0 Å². The summed E-state index contributed by atoms with van der Waals surface area (Å²) in [4.78, 5) is 5.84. The third-order valence-electron chi connectivity index (χ3n) is 3.52. The molecule has 0 N–H and O–H groups in total. The van der Waals surface area contributed by atoms with E-state index in [2.05, 4.69) is 11.9 Å². The Kier molecular flexibility index (Phi) is 5.36. The van der Waals surface area contributed by atoms with Gasteiger partial charge < -0.3 is 0 Å². The van der Waals surface area contributed by atoms with E-state index in [9.17, 15) is 0 Å². The largest absolute Gasteiger partial charge is 0.246 e. The number of hydrogen-bond donors (Lipinski definition) is 0. The molecule has 20 heavy (non-hydrogen) atoms. The first-order valence-corrected chi connectivity index (χ1v) is 8.58. The van der Waals surface area contributed by atoms with Gasteiger partial charge in [-0.2, -0.15) is 0 Å². The molecule has 108 valence electrons. The summed E-state index contributed by atoms with van der Waals surface area (Å²) in [5.74, 6) is 0.829. The van der Waals surface area contributed by atoms with Crippen molar-refractivity contribution in [2.24, 2.45) is 0 Å². The van der Waals surface area contributed by atoms with Crippen LogP contribution in [0.1, 0.15) is 21.1 Å². The van der Waals surface area contributed by atoms with Crippen LogP contribution in [-0.2, 0) is 11.8 Å². The molecule has 0 radical (unpaired) electrons. The van der Waals surface area contributed by atoms with Gasteiger partial charge in [-0.1, -0.05) is 29.8 Å². The van der Waals surface area contributed by atoms with Gasteiger partial charge in [0.05, 0.1) is 10.7 Å². The molecular weight excluding hydrogens is 333 g/mol. The first kappa shape index (κ1) is 16.1. The standard InChI is InChI=1S/C15H16Cl3NS/c1-10-11(2)20-14(19-10)7-15(8-16,9-17)12-5-3-4-6-13(12)18/h3-6H,7-9H2,1-2H3. The summed E-state index contributed by atoms with van der Waals surface area (Å²) in [7, 11) is 0. The van der Waals surface area contributed by atoms with Crippen molar-refractivity contribution in [3.05, 3.63) is 50.4 Å². The maximum Gasteiger partial charge on any atom is 0.0940 e. The lowest BCUT2D eigenvalue weighted by atomic mass is 9.81. The average molecular weight is 349 g/mol. The predicted molar refractivity (Wildman–Crippen MR) is 89.9 cm³/mol. The van der Waals surface area contributed by atoms with Gasteiger partial charge in [0, 0.05) is 33.5 Å². The molecule has 0 unspecified atom stereocenters. The molecule has 0 bridgehead atoms. The van der Waals surface area contributed by atoms with E-state index >= 15 is 0 Å². The smallest absolute Gasteiger partial charge is 0.0940 e. The molecule has 0 atom stereocenters. The van der Waals surface area contributed by atoms with Crippen LogP contribution < -0.4 is 0 Å². The number of aryl methyl sites for hydroxylation is 2. The van der Waals surface area contributed by atoms with Crippen molar-refractivity contribution >= 4 is 46.1 Å². The topological polar surface area (TPSA) is 12.9 Å². The molecule has 1 heterocycles. The summed E-state index contributed by atoms with van der Waals surface area (Å²) in [6.07, 6.45) is 0.711. The fourth-order valence-electron chi connectivity index (χ4n) is 2.16. The monoisotopic (exact) mass is 347 g/mol. The normalized spacial score (nSPS) is 11.8. The number of aromatic nitrogens is 1. The van der Waals surface area contributed by atoms with Crippen LogP contribution in [0.4, 0.5) is 0 Å². The third-order valence-corrected chi connectivity index (χ3v) is 5.94. The average Bonchev–Trinajstić information content (AvgIpc) is 2.75. The molecule has 0 spiro atoms. The molecule has 0 aliphatic rings. The highest BCUT2D eigenvalue weighted by atomic mass is 35.5. The lowest BCUT2D eigenvalue weighted by molar-refractivity contribution is 0.534. The van der Waals surface area contributed by atoms with Gasteiger partial charge in [-0.15, -0.1) is 34.5 Å². The highest BCUT2D eigenvalue weighted by Gasteiger charge is 2.34. The maximum atomic E-state index is 6.33. The second-order valence-corrected chi connectivity index (χ2v) is 7.18. The molecule has 1 nitrogen and oxygen atoms in total. The molecular formula is C15H16Cl3NS. The molecule has 2 rings (SSSR count). The Morgan fingerprint density at radius 2 is 1.80 bits per heavy atom. The van der Waals surface area contributed by atoms with Crippen molar-refractivity contribution in [3.63, 3.8) is 0 Å². The van der Waals surface area contributed by atoms with E-state index in [0.717, 1.165) is 16.3 Å². The van der Waals surface area contributed by atoms with E-state index in [0.29, 0.717) is 23.2 Å². The second-order valence-electron chi connectivity index (χ2n) is 4.95. The molecule has 0 fully saturated rings. The Bertz CT molecular complexity index is 571. The minimum atomic E-state index is -0.377. The van der Waals surface area contributed by atoms with Gasteiger partial charge >= 0.3 is 0 Å². The van der Waals surface area contributed by atoms with E-state index in [1.807, 2.05) is 31.2 Å². The summed E-state index contributed by atoms with van der Waals surface area (Å²) in [5, 5.41) is 1.76. The third kappa shape index (κ3) is 3.14. The van der Waals surface area contributed by atoms with E-state index in [-0.39, 0.29) is 5.41 Å². The van der Waals surface area contributed by atoms with Crippen LogP contribution in [0.3, 0.4) is 0 Å². The highest BCUT2D eigenvalue weighted by molar-refractivity contribution is 7.11. The second kappa shape index (κ2) is 6.65. The van der Waals surface area contributed by atoms with Crippen molar-refractivity contribution in [1.29, 1.82) is 0 Å². The summed E-state index contributed by atoms with van der Waals surface area (Å²) in [5.41, 5.74) is 1.69. The molecule has 0 saturated carbocycles. The summed E-state index contributed by atoms with van der Waals surface area (Å²) in [6.45, 7) is 4.10. The number of rotatable bonds is 5. The molecule has 1 aromatic carbocycles. The number of benzene rings is 1. The number of nitrogens with zero attached hydrogens (tertiary/aromatic N) is 1. The number of alkyl halides is 2. The quantitative estimate of drug-likeness (QED) is 0.662. The van der Waals surface area contributed by atoms with Gasteiger partial charge in [0.2, 0.25) is 0 Å². The van der Waals surface area contributed by atoms with Crippen LogP contribution in [-0.4, -0.2) is 16.7 Å². The van der Waals surface area contributed by atoms with E-state index in [1.54, 1.807) is 11.3 Å². The Labute approximate surface area is 138 Å². The van der Waals surface area contributed by atoms with Gasteiger partial charge in [-0.25, -0.2) is 4.98 Å². The van der Waals surface area contributed by atoms with E-state index in [1.165, 1.54) is 4.88 Å². The first-order valence-electron chi connectivity index (χ1n) is 6.32. The lowest BCUT2D eigenvalue weighted by Crippen LogP contribution is -2.33. The van der Waals surface area contributed by atoms with Gasteiger partial charge in [0.15, 0.2) is 0 Å². The minimum Gasteiger partial charge on any atom is -0.246 e. The Morgan fingerprint density at radius 3 is 2.30 bits per heavy atom. The predicted octanol–water partition coefficient (Wildman–Crippen LogP) is 5.37. The SMILES string of the molecule is Cc1nc(CC(CCl)(CCl)c2ccccc2Cl)sc1C. The molecule has 5 heteroatoms. The number of thiazole rings is 1. The molecule has 0 aliphatic heterocycles. The van der Waals surface area contributed by atoms with Crippen LogP contribution in [0, 0.1) is 13.8 Å². The molecule has 2 aromatic rings. The first-order chi connectivity index (χ1) is 9.52. The summed E-state index contributed by atoms with van der Waals surface area (Å²) >= 11 is 20.6. The van der Waals surface area contributed by atoms with Crippen LogP contribution in [0.2, 0.25) is 5.02 Å². The molecule has 0 aliphatic carbocycles. The molecule has 1 aromatic heterocycles. The van der Waals surface area contributed by atoms with Gasteiger partial charge in [-0.05, 0) is 25.5 Å². The maximum absolute atomic E-state index is 6.33. The summed E-state index contributed by atoms with van der Waals surface area (Å²) in [6, 6.07) is 7.76. The summed E-state index contributed by atoms with van der Waals surface area (Å²) < 4.78 is 0. The lowest BCUT2D eigenvalue weighted by Gasteiger charge is -2.30. The van der Waals surface area contributed by atoms with Crippen molar-refractivity contribution in [2.45, 2.75) is 25.7 Å². The van der Waals surface area contributed by atoms with Gasteiger partial charge in [0.1, 0.15) is 0 Å². The molecule has 0 saturated heterocycles. The zero-order valence-corrected chi connectivity index (χ0v) is 14.5. The number of halogens is 3. The van der Waals surface area contributed by atoms with Gasteiger partial charge in [0.25, 0.3) is 0 Å². The Hall–Kier alpha value is -0.280. The molecule has 0 amide bonds. The fraction of sp³-hybridized carbons (Fsp3) is 0.400. The zero-order chi connectivity index (χ0) is 14.8. The van der Waals surface area contributed by atoms with Gasteiger partial charge in [-0.3, -0.25) is 0 Å². The van der Waals surface area contributed by atoms with Crippen LogP contribution >= 0.6 is 46.1 Å². The van der Waals surface area contributed by atoms with Crippen LogP contribution in [0.25, 0.3) is 0 Å². The van der Waals surface area contributed by atoms with Crippen molar-refractivity contribution < 1.29 is 0 Å². The van der Waals surface area contributed by atoms with Crippen molar-refractivity contribution in [1.82, 2.24) is 4.98 Å². The van der Waals surface area contributed by atoms with E-state index in [4.69, 9.17) is 34.8 Å². The Morgan fingerprint density at radius 1 is 1.15 bits per heavy atom. The minimum absolute atomic E-state index is 0.377. The number of hydrogen-bond acceptors (Lipinski definition) is 2. The fourth-order valence-corrected chi connectivity index (χ4v) is 4.34. The van der Waals surface area contributed by atoms with Crippen molar-refractivity contribution in [2.75, 3.05) is 11.8 Å². The zero-order valence-electron chi connectivity index (χ0n) is 11.4. The van der Waals surface area contributed by atoms with Crippen LogP contribution in [0.15, 0.2) is 24.3 Å².